The van der Waals surface area contributed by atoms with E-state index in [-0.39, 0.29) is 11.3 Å². The number of aromatic nitrogens is 2. The first-order chi connectivity index (χ1) is 15.7. The predicted molar refractivity (Wildman–Crippen MR) is 123 cm³/mol. The number of ketones is 1. The van der Waals surface area contributed by atoms with E-state index in [1.54, 1.807) is 7.11 Å². The molecule has 0 bridgehead atoms. The van der Waals surface area contributed by atoms with Crippen molar-refractivity contribution in [3.8, 4) is 11.4 Å². The SMILES string of the molecule is COc1cccc([C@H]2C3=C(Nc4[nH]n(-c5ccccc5)c(=O)c42)c2ccccc2C3=O)c1. The van der Waals surface area contributed by atoms with Gasteiger partial charge >= 0.3 is 0 Å². The summed E-state index contributed by atoms with van der Waals surface area (Å²) in [4.78, 5) is 27.2. The molecule has 1 atom stereocenters. The third-order valence-electron chi connectivity index (χ3n) is 6.15. The van der Waals surface area contributed by atoms with Gasteiger partial charge in [0, 0.05) is 22.6 Å². The van der Waals surface area contributed by atoms with Gasteiger partial charge < -0.3 is 10.1 Å². The van der Waals surface area contributed by atoms with Crippen molar-refractivity contribution >= 4 is 17.3 Å². The monoisotopic (exact) mass is 421 g/mol. The minimum atomic E-state index is -0.523. The Labute approximate surface area is 183 Å². The highest BCUT2D eigenvalue weighted by atomic mass is 16.5. The molecular formula is C26H19N3O3. The van der Waals surface area contributed by atoms with Crippen LogP contribution in [0.25, 0.3) is 11.4 Å². The zero-order valence-electron chi connectivity index (χ0n) is 17.3. The lowest BCUT2D eigenvalue weighted by Gasteiger charge is -2.25. The van der Waals surface area contributed by atoms with Gasteiger partial charge in [0.25, 0.3) is 5.56 Å². The molecule has 0 saturated heterocycles. The summed E-state index contributed by atoms with van der Waals surface area (Å²) in [7, 11) is 1.60. The first kappa shape index (κ1) is 18.4. The number of methoxy groups -OCH3 is 1. The standard InChI is InChI=1S/C26H19N3O3/c1-32-17-11-7-8-15(14-17)20-21-23(18-12-5-6-13-19(18)24(21)30)27-25-22(20)26(31)29(28-25)16-9-3-2-4-10-16/h2-14,20,27-28H,1H3/t20-/m0/s1. The number of para-hydroxylation sites is 1. The third-order valence-corrected chi connectivity index (χ3v) is 6.15. The smallest absolute Gasteiger partial charge is 0.277 e. The quantitative estimate of drug-likeness (QED) is 0.516. The lowest BCUT2D eigenvalue weighted by Crippen LogP contribution is -2.25. The van der Waals surface area contributed by atoms with Crippen LogP contribution in [0.4, 0.5) is 5.82 Å². The number of rotatable bonds is 3. The van der Waals surface area contributed by atoms with Crippen LogP contribution in [0.2, 0.25) is 0 Å². The van der Waals surface area contributed by atoms with Crippen LogP contribution in [0.1, 0.15) is 33.0 Å². The molecule has 2 N–H and O–H groups in total. The first-order valence-corrected chi connectivity index (χ1v) is 10.4. The number of ether oxygens (including phenoxy) is 1. The van der Waals surface area contributed by atoms with Gasteiger partial charge in [0.05, 0.1) is 24.1 Å². The normalized spacial score (nSPS) is 16.3. The Balaban J connectivity index is 1.63. The Morgan fingerprint density at radius 3 is 2.41 bits per heavy atom. The minimum absolute atomic E-state index is 0.0616. The molecule has 0 saturated carbocycles. The number of Topliss-reactive ketones (excluding diaryl/α,β-unsaturated/α-hetero) is 1. The van der Waals surface area contributed by atoms with Gasteiger partial charge in [-0.25, -0.2) is 4.68 Å². The number of H-pyrrole nitrogens is 1. The zero-order chi connectivity index (χ0) is 21.8. The summed E-state index contributed by atoms with van der Waals surface area (Å²) in [6.07, 6.45) is 0. The Morgan fingerprint density at radius 2 is 1.62 bits per heavy atom. The average molecular weight is 421 g/mol. The number of hydrogen-bond acceptors (Lipinski definition) is 4. The molecule has 0 spiro atoms. The molecule has 0 unspecified atom stereocenters. The van der Waals surface area contributed by atoms with Gasteiger partial charge in [-0.05, 0) is 29.8 Å². The lowest BCUT2D eigenvalue weighted by atomic mass is 9.82. The van der Waals surface area contributed by atoms with E-state index in [0.29, 0.717) is 28.3 Å². The van der Waals surface area contributed by atoms with Crippen molar-refractivity contribution in [1.82, 2.24) is 9.78 Å². The summed E-state index contributed by atoms with van der Waals surface area (Å²) in [5.41, 5.74) is 4.70. The molecule has 3 aromatic carbocycles. The van der Waals surface area contributed by atoms with Gasteiger partial charge in [0.1, 0.15) is 11.6 Å². The zero-order valence-corrected chi connectivity index (χ0v) is 17.3. The van der Waals surface area contributed by atoms with Gasteiger partial charge in [-0.2, -0.15) is 0 Å². The number of carbonyl (C=O) groups excluding carboxylic acids is 1. The van der Waals surface area contributed by atoms with E-state index in [0.717, 1.165) is 22.5 Å². The van der Waals surface area contributed by atoms with Crippen LogP contribution in [0.3, 0.4) is 0 Å². The number of nitrogens with zero attached hydrogens (tertiary/aromatic N) is 1. The second kappa shape index (κ2) is 6.85. The van der Waals surface area contributed by atoms with E-state index in [2.05, 4.69) is 10.4 Å². The molecule has 1 aliphatic carbocycles. The van der Waals surface area contributed by atoms with E-state index in [9.17, 15) is 9.59 Å². The molecule has 1 aliphatic heterocycles. The number of carbonyl (C=O) groups is 1. The number of hydrogen-bond donors (Lipinski definition) is 2. The predicted octanol–water partition coefficient (Wildman–Crippen LogP) is 4.34. The van der Waals surface area contributed by atoms with Gasteiger partial charge in [-0.1, -0.05) is 54.6 Å². The maximum atomic E-state index is 13.6. The fourth-order valence-electron chi connectivity index (χ4n) is 4.71. The molecule has 4 aromatic rings. The fourth-order valence-corrected chi connectivity index (χ4v) is 4.71. The highest BCUT2D eigenvalue weighted by Crippen LogP contribution is 2.48. The number of anilines is 1. The molecule has 0 amide bonds. The molecule has 6 heteroatoms. The highest BCUT2D eigenvalue weighted by Gasteiger charge is 2.42. The third kappa shape index (κ3) is 2.53. The van der Waals surface area contributed by atoms with Gasteiger partial charge in [0.15, 0.2) is 5.78 Å². The number of nitrogens with one attached hydrogen (secondary N) is 2. The number of fused-ring (bicyclic) bond motifs is 3. The van der Waals surface area contributed by atoms with Gasteiger partial charge in [-0.3, -0.25) is 14.7 Å². The Bertz CT molecular complexity index is 1480. The molecule has 2 heterocycles. The fraction of sp³-hybridized carbons (Fsp3) is 0.0769. The average Bonchev–Trinajstić information content (AvgIpc) is 3.33. The molecule has 32 heavy (non-hydrogen) atoms. The maximum Gasteiger partial charge on any atom is 0.277 e. The van der Waals surface area contributed by atoms with Crippen molar-refractivity contribution in [3.63, 3.8) is 0 Å². The summed E-state index contributed by atoms with van der Waals surface area (Å²) in [5, 5.41) is 6.58. The molecular weight excluding hydrogens is 402 g/mol. The van der Waals surface area contributed by atoms with Crippen LogP contribution in [-0.2, 0) is 0 Å². The number of benzene rings is 3. The van der Waals surface area contributed by atoms with Crippen LogP contribution in [0.15, 0.2) is 89.2 Å². The Morgan fingerprint density at radius 1 is 0.875 bits per heavy atom. The summed E-state index contributed by atoms with van der Waals surface area (Å²) in [5.74, 6) is 0.680. The molecule has 0 fully saturated rings. The van der Waals surface area contributed by atoms with Gasteiger partial charge in [-0.15, -0.1) is 0 Å². The van der Waals surface area contributed by atoms with E-state index < -0.39 is 5.92 Å². The molecule has 6 nitrogen and oxygen atoms in total. The molecule has 0 radical (unpaired) electrons. The lowest BCUT2D eigenvalue weighted by molar-refractivity contribution is 0.103. The first-order valence-electron chi connectivity index (χ1n) is 10.4. The molecule has 6 rings (SSSR count). The number of allylic oxidation sites excluding steroid dienone is 1. The van der Waals surface area contributed by atoms with Crippen LogP contribution in [0, 0.1) is 0 Å². The summed E-state index contributed by atoms with van der Waals surface area (Å²) >= 11 is 0. The molecule has 1 aromatic heterocycles. The van der Waals surface area contributed by atoms with Crippen LogP contribution >= 0.6 is 0 Å². The summed E-state index contributed by atoms with van der Waals surface area (Å²) < 4.78 is 6.95. The van der Waals surface area contributed by atoms with E-state index in [4.69, 9.17) is 4.74 Å². The Kier molecular flexibility index (Phi) is 3.95. The van der Waals surface area contributed by atoms with Gasteiger partial charge in [0.2, 0.25) is 0 Å². The molecule has 156 valence electrons. The van der Waals surface area contributed by atoms with E-state index in [1.807, 2.05) is 78.9 Å². The summed E-state index contributed by atoms with van der Waals surface area (Å²) in [6.45, 7) is 0. The van der Waals surface area contributed by atoms with E-state index >= 15 is 0 Å². The van der Waals surface area contributed by atoms with Crippen LogP contribution in [-0.4, -0.2) is 22.7 Å². The van der Waals surface area contributed by atoms with Crippen molar-refractivity contribution in [2.45, 2.75) is 5.92 Å². The maximum absolute atomic E-state index is 13.6. The van der Waals surface area contributed by atoms with Crippen molar-refractivity contribution in [3.05, 3.63) is 117 Å². The topological polar surface area (TPSA) is 76.1 Å². The van der Waals surface area contributed by atoms with Crippen molar-refractivity contribution in [2.75, 3.05) is 12.4 Å². The van der Waals surface area contributed by atoms with Crippen molar-refractivity contribution in [1.29, 1.82) is 0 Å². The molecule has 2 aliphatic rings. The second-order valence-electron chi connectivity index (χ2n) is 7.87. The Hall–Kier alpha value is -4.32. The second-order valence-corrected chi connectivity index (χ2v) is 7.87. The van der Waals surface area contributed by atoms with Crippen LogP contribution < -0.4 is 15.6 Å². The number of aromatic amines is 1. The van der Waals surface area contributed by atoms with Crippen molar-refractivity contribution in [2.24, 2.45) is 0 Å². The largest absolute Gasteiger partial charge is 0.497 e. The minimum Gasteiger partial charge on any atom is -0.497 e. The summed E-state index contributed by atoms with van der Waals surface area (Å²) in [6, 6.07) is 24.5. The van der Waals surface area contributed by atoms with Crippen LogP contribution in [0.5, 0.6) is 5.75 Å². The van der Waals surface area contributed by atoms with Crippen molar-refractivity contribution < 1.29 is 9.53 Å². The highest BCUT2D eigenvalue weighted by molar-refractivity contribution is 6.23. The van der Waals surface area contributed by atoms with E-state index in [1.165, 1.54) is 4.68 Å².